The molecule has 0 atom stereocenters. The predicted molar refractivity (Wildman–Crippen MR) is 84.3 cm³/mol. The zero-order valence-electron chi connectivity index (χ0n) is 10.5. The number of hydrogen-bond acceptors (Lipinski definition) is 3. The van der Waals surface area contributed by atoms with Gasteiger partial charge in [0.2, 0.25) is 0 Å². The second-order valence-electron chi connectivity index (χ2n) is 3.94. The van der Waals surface area contributed by atoms with Gasteiger partial charge in [-0.15, -0.1) is 11.8 Å². The maximum absolute atomic E-state index is 12.2. The summed E-state index contributed by atoms with van der Waals surface area (Å²) in [5, 5.41) is 12.4. The van der Waals surface area contributed by atoms with Gasteiger partial charge in [-0.25, -0.2) is 0 Å². The number of anilines is 1. The number of carbonyl (C=O) groups is 1. The summed E-state index contributed by atoms with van der Waals surface area (Å²) in [6, 6.07) is 10.2. The van der Waals surface area contributed by atoms with Gasteiger partial charge in [0.25, 0.3) is 5.91 Å². The highest BCUT2D eigenvalue weighted by atomic mass is 35.5. The van der Waals surface area contributed by atoms with Crippen LogP contribution in [0.3, 0.4) is 0 Å². The van der Waals surface area contributed by atoms with Gasteiger partial charge in [-0.3, -0.25) is 4.79 Å². The lowest BCUT2D eigenvalue weighted by Gasteiger charge is -2.10. The molecule has 3 nitrogen and oxygen atoms in total. The fraction of sp³-hybridized carbons (Fsp3) is 0.0714. The Hall–Kier alpha value is -1.36. The zero-order chi connectivity index (χ0) is 14.7. The average molecular weight is 328 g/mol. The number of rotatable bonds is 3. The van der Waals surface area contributed by atoms with E-state index in [9.17, 15) is 9.90 Å². The van der Waals surface area contributed by atoms with Crippen LogP contribution >= 0.6 is 35.0 Å². The molecule has 6 heteroatoms. The Morgan fingerprint density at radius 3 is 2.40 bits per heavy atom. The first kappa shape index (κ1) is 15.0. The molecular formula is C14H11Cl2NO2S. The Labute approximate surface area is 130 Å². The average Bonchev–Trinajstić information content (AvgIpc) is 2.44. The van der Waals surface area contributed by atoms with Crippen molar-refractivity contribution >= 4 is 46.6 Å². The number of phenolic OH excluding ortho intramolecular Hbond substituents is 1. The molecule has 0 aliphatic carbocycles. The van der Waals surface area contributed by atoms with E-state index in [2.05, 4.69) is 5.32 Å². The summed E-state index contributed by atoms with van der Waals surface area (Å²) in [6.45, 7) is 0. The van der Waals surface area contributed by atoms with Gasteiger partial charge in [0.05, 0.1) is 15.6 Å². The van der Waals surface area contributed by atoms with E-state index < -0.39 is 0 Å². The molecule has 0 saturated heterocycles. The molecule has 20 heavy (non-hydrogen) atoms. The first-order chi connectivity index (χ1) is 9.52. The molecule has 0 radical (unpaired) electrons. The molecule has 2 N–H and O–H groups in total. The van der Waals surface area contributed by atoms with Gasteiger partial charge in [-0.2, -0.15) is 0 Å². The highest BCUT2D eigenvalue weighted by Gasteiger charge is 2.13. The quantitative estimate of drug-likeness (QED) is 0.636. The Morgan fingerprint density at radius 1 is 1.20 bits per heavy atom. The lowest BCUT2D eigenvalue weighted by Crippen LogP contribution is -2.12. The third-order valence-electron chi connectivity index (χ3n) is 2.63. The van der Waals surface area contributed by atoms with E-state index in [1.165, 1.54) is 23.9 Å². The summed E-state index contributed by atoms with van der Waals surface area (Å²) in [7, 11) is 0. The number of carbonyl (C=O) groups excluding carboxylic acids is 1. The van der Waals surface area contributed by atoms with Gasteiger partial charge in [0, 0.05) is 10.6 Å². The van der Waals surface area contributed by atoms with Crippen LogP contribution in [0, 0.1) is 0 Å². The van der Waals surface area contributed by atoms with Crippen LogP contribution in [0.5, 0.6) is 5.75 Å². The minimum atomic E-state index is -0.257. The highest BCUT2D eigenvalue weighted by Crippen LogP contribution is 2.34. The third-order valence-corrected chi connectivity index (χ3v) is 4.00. The summed E-state index contributed by atoms with van der Waals surface area (Å²) < 4.78 is 0. The largest absolute Gasteiger partial charge is 0.505 e. The molecule has 2 rings (SSSR count). The van der Waals surface area contributed by atoms with Crippen molar-refractivity contribution in [3.05, 3.63) is 52.0 Å². The van der Waals surface area contributed by atoms with Crippen LogP contribution in [0.4, 0.5) is 5.69 Å². The van der Waals surface area contributed by atoms with Gasteiger partial charge in [-0.1, -0.05) is 35.3 Å². The molecule has 2 aromatic carbocycles. The third kappa shape index (κ3) is 3.20. The summed E-state index contributed by atoms with van der Waals surface area (Å²) in [4.78, 5) is 13.1. The van der Waals surface area contributed by atoms with E-state index in [-0.39, 0.29) is 21.7 Å². The zero-order valence-corrected chi connectivity index (χ0v) is 12.8. The molecule has 1 amide bonds. The standard InChI is InChI=1S/C14H11Cl2NO2S/c1-20-12-5-3-2-4-9(12)14(19)17-8-6-10(15)13(18)11(16)7-8/h2-7,18H,1H3,(H,17,19). The Bertz CT molecular complexity index is 638. The minimum absolute atomic E-state index is 0.0888. The summed E-state index contributed by atoms with van der Waals surface area (Å²) in [6.07, 6.45) is 1.90. The summed E-state index contributed by atoms with van der Waals surface area (Å²) in [5.41, 5.74) is 0.999. The van der Waals surface area contributed by atoms with Crippen molar-refractivity contribution in [2.45, 2.75) is 4.90 Å². The summed E-state index contributed by atoms with van der Waals surface area (Å²) in [5.74, 6) is -0.455. The molecule has 0 aromatic heterocycles. The lowest BCUT2D eigenvalue weighted by atomic mass is 10.2. The highest BCUT2D eigenvalue weighted by molar-refractivity contribution is 7.98. The van der Waals surface area contributed by atoms with Crippen LogP contribution in [-0.2, 0) is 0 Å². The van der Waals surface area contributed by atoms with Crippen LogP contribution in [0.1, 0.15) is 10.4 Å². The number of benzene rings is 2. The molecule has 0 aliphatic rings. The van der Waals surface area contributed by atoms with Crippen molar-refractivity contribution < 1.29 is 9.90 Å². The van der Waals surface area contributed by atoms with Crippen molar-refractivity contribution in [1.29, 1.82) is 0 Å². The van der Waals surface area contributed by atoms with Crippen LogP contribution < -0.4 is 5.32 Å². The van der Waals surface area contributed by atoms with Crippen LogP contribution in [-0.4, -0.2) is 17.3 Å². The van der Waals surface area contributed by atoms with E-state index in [0.717, 1.165) is 4.90 Å². The SMILES string of the molecule is CSc1ccccc1C(=O)Nc1cc(Cl)c(O)c(Cl)c1. The molecule has 0 spiro atoms. The van der Waals surface area contributed by atoms with E-state index in [4.69, 9.17) is 23.2 Å². The second kappa shape index (κ2) is 6.39. The maximum atomic E-state index is 12.2. The summed E-state index contributed by atoms with van der Waals surface area (Å²) >= 11 is 13.1. The van der Waals surface area contributed by atoms with Gasteiger partial charge in [-0.05, 0) is 30.5 Å². The number of aromatic hydroxyl groups is 1. The van der Waals surface area contributed by atoms with Gasteiger partial charge < -0.3 is 10.4 Å². The number of amides is 1. The Balaban J connectivity index is 2.28. The number of hydrogen-bond donors (Lipinski definition) is 2. The molecule has 2 aromatic rings. The van der Waals surface area contributed by atoms with Gasteiger partial charge in [0.1, 0.15) is 0 Å². The minimum Gasteiger partial charge on any atom is -0.505 e. The van der Waals surface area contributed by atoms with Crippen molar-refractivity contribution in [2.24, 2.45) is 0 Å². The molecule has 0 aliphatic heterocycles. The number of nitrogens with one attached hydrogen (secondary N) is 1. The van der Waals surface area contributed by atoms with Crippen LogP contribution in [0.2, 0.25) is 10.0 Å². The fourth-order valence-electron chi connectivity index (χ4n) is 1.67. The molecule has 0 heterocycles. The maximum Gasteiger partial charge on any atom is 0.256 e. The van der Waals surface area contributed by atoms with E-state index >= 15 is 0 Å². The van der Waals surface area contributed by atoms with Gasteiger partial charge >= 0.3 is 0 Å². The predicted octanol–water partition coefficient (Wildman–Crippen LogP) is 4.67. The molecule has 0 bridgehead atoms. The smallest absolute Gasteiger partial charge is 0.256 e. The molecule has 104 valence electrons. The Kier molecular flexibility index (Phi) is 4.81. The van der Waals surface area contributed by atoms with Crippen LogP contribution in [0.25, 0.3) is 0 Å². The number of phenols is 1. The number of halogens is 2. The lowest BCUT2D eigenvalue weighted by molar-refractivity contribution is 0.102. The van der Waals surface area contributed by atoms with E-state index in [1.54, 1.807) is 12.1 Å². The molecule has 0 saturated carbocycles. The van der Waals surface area contributed by atoms with Crippen molar-refractivity contribution in [1.82, 2.24) is 0 Å². The monoisotopic (exact) mass is 327 g/mol. The van der Waals surface area contributed by atoms with Crippen molar-refractivity contribution in [3.63, 3.8) is 0 Å². The Morgan fingerprint density at radius 2 is 1.80 bits per heavy atom. The molecular weight excluding hydrogens is 317 g/mol. The number of thioether (sulfide) groups is 1. The van der Waals surface area contributed by atoms with E-state index in [0.29, 0.717) is 11.3 Å². The van der Waals surface area contributed by atoms with Crippen LogP contribution in [0.15, 0.2) is 41.3 Å². The van der Waals surface area contributed by atoms with E-state index in [1.807, 2.05) is 18.4 Å². The fourth-order valence-corrected chi connectivity index (χ4v) is 2.75. The normalized spacial score (nSPS) is 10.3. The van der Waals surface area contributed by atoms with Crippen molar-refractivity contribution in [3.8, 4) is 5.75 Å². The first-order valence-electron chi connectivity index (χ1n) is 5.65. The van der Waals surface area contributed by atoms with Gasteiger partial charge in [0.15, 0.2) is 5.75 Å². The first-order valence-corrected chi connectivity index (χ1v) is 7.63. The second-order valence-corrected chi connectivity index (χ2v) is 5.61. The molecule has 0 fully saturated rings. The van der Waals surface area contributed by atoms with Crippen molar-refractivity contribution in [2.75, 3.05) is 11.6 Å². The molecule has 0 unspecified atom stereocenters. The topological polar surface area (TPSA) is 49.3 Å².